The summed E-state index contributed by atoms with van der Waals surface area (Å²) in [5, 5.41) is 3.79. The molecule has 0 aromatic heterocycles. The van der Waals surface area contributed by atoms with Crippen LogP contribution in [0.2, 0.25) is 0 Å². The van der Waals surface area contributed by atoms with Crippen molar-refractivity contribution in [2.24, 2.45) is 0 Å². The molecular weight excluding hydrogens is 783 g/mol. The van der Waals surface area contributed by atoms with Gasteiger partial charge >= 0.3 is 18.0 Å². The van der Waals surface area contributed by atoms with Gasteiger partial charge in [0.15, 0.2) is 0 Å². The first-order chi connectivity index (χ1) is 29.8. The Balaban J connectivity index is 1.94. The van der Waals surface area contributed by atoms with Crippen LogP contribution in [0, 0.1) is 6.92 Å². The number of benzene rings is 2. The van der Waals surface area contributed by atoms with Gasteiger partial charge in [-0.15, -0.1) is 0 Å². The van der Waals surface area contributed by atoms with Gasteiger partial charge in [-0.25, -0.2) is 9.59 Å². The summed E-state index contributed by atoms with van der Waals surface area (Å²) in [6.45, 7) is 26.3. The third-order valence-electron chi connectivity index (χ3n) is 10.9. The average molecular weight is 864 g/mol. The molecule has 0 aliphatic carbocycles. The summed E-state index contributed by atoms with van der Waals surface area (Å²) >= 11 is 0. The number of rotatable bonds is 25. The highest BCUT2D eigenvalue weighted by atomic mass is 16.6. The second-order valence-electron chi connectivity index (χ2n) is 18.5. The Morgan fingerprint density at radius 1 is 0.556 bits per heavy atom. The Hall–Kier alpha value is -4.91. The number of allylic oxidation sites excluding steroid dienone is 14. The Morgan fingerprint density at radius 3 is 1.33 bits per heavy atom. The summed E-state index contributed by atoms with van der Waals surface area (Å²) in [4.78, 5) is 37.8. The summed E-state index contributed by atoms with van der Waals surface area (Å²) < 4.78 is 17.1. The highest BCUT2D eigenvalue weighted by Crippen LogP contribution is 2.41. The first-order valence-electron chi connectivity index (χ1n) is 23.3. The van der Waals surface area contributed by atoms with Crippen molar-refractivity contribution < 1.29 is 28.6 Å². The normalized spacial score (nSPS) is 13.3. The molecule has 0 saturated heterocycles. The smallest absolute Gasteiger partial charge is 0.408 e. The zero-order valence-electron chi connectivity index (χ0n) is 41.4. The number of amides is 1. The minimum Gasteiger partial charge on any atom is -0.444 e. The fourth-order valence-corrected chi connectivity index (χ4v) is 7.05. The van der Waals surface area contributed by atoms with Gasteiger partial charge < -0.3 is 19.5 Å². The second kappa shape index (κ2) is 28.7. The Bertz CT molecular complexity index is 2040. The molecular formula is C56H81NO6. The zero-order chi connectivity index (χ0) is 47.0. The monoisotopic (exact) mass is 864 g/mol. The van der Waals surface area contributed by atoms with E-state index in [0.717, 1.165) is 82.6 Å². The van der Waals surface area contributed by atoms with Crippen molar-refractivity contribution in [3.63, 3.8) is 0 Å². The number of nitrogens with one attached hydrogen (secondary N) is 1. The first-order valence-corrected chi connectivity index (χ1v) is 23.3. The highest BCUT2D eigenvalue weighted by Gasteiger charge is 2.23. The lowest BCUT2D eigenvalue weighted by molar-refractivity contribution is -0.134. The predicted molar refractivity (Wildman–Crippen MR) is 266 cm³/mol. The van der Waals surface area contributed by atoms with Crippen LogP contribution in [-0.4, -0.2) is 30.2 Å². The quantitative estimate of drug-likeness (QED) is 0.0607. The third kappa shape index (κ3) is 22.8. The van der Waals surface area contributed by atoms with Crippen LogP contribution >= 0.6 is 0 Å². The number of esters is 2. The van der Waals surface area contributed by atoms with E-state index in [4.69, 9.17) is 14.2 Å². The number of hydrogen-bond acceptors (Lipinski definition) is 6. The number of hydrogen-bond donors (Lipinski definition) is 1. The maximum atomic E-state index is 13.0. The van der Waals surface area contributed by atoms with Gasteiger partial charge in [0.25, 0.3) is 0 Å². The SMILES string of the molecule is CCC(=O)Oc1c(CC=C(C)CCC=C(C)CCC=C(C)CCC=C(C)CCC=C(C)CCC=C(C)CCC=C(C)C)c(C)c(OC(=O)CNC(=O)OC(C)(C)C)c2ccccc12. The van der Waals surface area contributed by atoms with E-state index in [-0.39, 0.29) is 18.9 Å². The van der Waals surface area contributed by atoms with Crippen LogP contribution < -0.4 is 14.8 Å². The van der Waals surface area contributed by atoms with Crippen molar-refractivity contribution in [2.75, 3.05) is 6.54 Å². The van der Waals surface area contributed by atoms with Crippen LogP contribution in [0.4, 0.5) is 4.79 Å². The molecule has 63 heavy (non-hydrogen) atoms. The lowest BCUT2D eigenvalue weighted by atomic mass is 9.95. The first kappa shape index (κ1) is 54.2. The fraction of sp³-hybridized carbons (Fsp3) is 0.518. The van der Waals surface area contributed by atoms with Gasteiger partial charge in [-0.3, -0.25) is 4.79 Å². The molecule has 346 valence electrons. The van der Waals surface area contributed by atoms with Crippen molar-refractivity contribution in [3.8, 4) is 11.5 Å². The lowest BCUT2D eigenvalue weighted by Gasteiger charge is -2.20. The largest absolute Gasteiger partial charge is 0.444 e. The molecule has 1 amide bonds. The number of alkyl carbamates (subject to hydrolysis) is 1. The van der Waals surface area contributed by atoms with Crippen LogP contribution in [0.3, 0.4) is 0 Å². The van der Waals surface area contributed by atoms with Crippen molar-refractivity contribution >= 4 is 28.8 Å². The zero-order valence-corrected chi connectivity index (χ0v) is 41.4. The lowest BCUT2D eigenvalue weighted by Crippen LogP contribution is -2.36. The van der Waals surface area contributed by atoms with Crippen molar-refractivity contribution in [1.29, 1.82) is 0 Å². The molecule has 0 aliphatic heterocycles. The number of carbonyl (C=O) groups is 3. The summed E-state index contributed by atoms with van der Waals surface area (Å²) in [5.74, 6) is -0.130. The Morgan fingerprint density at radius 2 is 0.937 bits per heavy atom. The molecule has 0 spiro atoms. The van der Waals surface area contributed by atoms with Crippen LogP contribution in [0.5, 0.6) is 11.5 Å². The van der Waals surface area contributed by atoms with Crippen LogP contribution in [0.25, 0.3) is 10.8 Å². The van der Waals surface area contributed by atoms with E-state index in [0.29, 0.717) is 34.3 Å². The molecule has 0 atom stereocenters. The van der Waals surface area contributed by atoms with E-state index in [2.05, 4.69) is 103 Å². The molecule has 7 heteroatoms. The van der Waals surface area contributed by atoms with E-state index in [1.54, 1.807) is 27.7 Å². The van der Waals surface area contributed by atoms with Crippen molar-refractivity contribution in [1.82, 2.24) is 5.32 Å². The molecule has 7 nitrogen and oxygen atoms in total. The van der Waals surface area contributed by atoms with Crippen LogP contribution in [-0.2, 0) is 20.7 Å². The number of carbonyl (C=O) groups excluding carboxylic acids is 3. The fourth-order valence-electron chi connectivity index (χ4n) is 7.05. The van der Waals surface area contributed by atoms with Gasteiger partial charge in [0.2, 0.25) is 0 Å². The van der Waals surface area contributed by atoms with Gasteiger partial charge in [-0.05, 0) is 172 Å². The number of fused-ring (bicyclic) bond motifs is 1. The molecule has 2 aromatic rings. The van der Waals surface area contributed by atoms with Gasteiger partial charge in [0, 0.05) is 22.8 Å². The predicted octanol–water partition coefficient (Wildman–Crippen LogP) is 15.8. The van der Waals surface area contributed by atoms with Crippen LogP contribution in [0.1, 0.15) is 178 Å². The topological polar surface area (TPSA) is 90.9 Å². The molecule has 2 aromatic carbocycles. The van der Waals surface area contributed by atoms with E-state index >= 15 is 0 Å². The van der Waals surface area contributed by atoms with Gasteiger partial charge in [0.1, 0.15) is 23.6 Å². The molecule has 0 saturated carbocycles. The molecule has 0 bridgehead atoms. The molecule has 1 N–H and O–H groups in total. The Labute approximate surface area is 381 Å². The van der Waals surface area contributed by atoms with E-state index in [9.17, 15) is 14.4 Å². The van der Waals surface area contributed by atoms with Crippen LogP contribution in [0.15, 0.2) is 106 Å². The van der Waals surface area contributed by atoms with E-state index < -0.39 is 17.7 Å². The van der Waals surface area contributed by atoms with E-state index in [1.807, 2.05) is 31.2 Å². The maximum absolute atomic E-state index is 13.0. The Kier molecular flexibility index (Phi) is 24.7. The van der Waals surface area contributed by atoms with Crippen molar-refractivity contribution in [3.05, 3.63) is 117 Å². The molecule has 0 heterocycles. The van der Waals surface area contributed by atoms with Gasteiger partial charge in [0.05, 0.1) is 0 Å². The molecule has 2 rings (SSSR count). The van der Waals surface area contributed by atoms with E-state index in [1.165, 1.54) is 39.0 Å². The minimum atomic E-state index is -0.703. The number of ether oxygens (including phenoxy) is 3. The highest BCUT2D eigenvalue weighted by molar-refractivity contribution is 5.99. The van der Waals surface area contributed by atoms with Gasteiger partial charge in [-0.1, -0.05) is 113 Å². The second-order valence-corrected chi connectivity index (χ2v) is 18.5. The third-order valence-corrected chi connectivity index (χ3v) is 10.9. The molecule has 0 aliphatic rings. The van der Waals surface area contributed by atoms with Crippen molar-refractivity contribution in [2.45, 2.75) is 186 Å². The maximum Gasteiger partial charge on any atom is 0.408 e. The minimum absolute atomic E-state index is 0.224. The standard InChI is InChI=1S/C56H81NO6/c1-14-51(58)61-54-48(47(10)53(49-35-15-16-36-50(49)54)62-52(59)39-57-55(60)63-56(11,12)13)38-37-46(9)34-22-33-45(8)32-21-31-44(7)30-20-29-43(6)28-19-27-42(5)26-18-25-41(4)24-17-23-40(2)3/h15-16,23,25,27,29,31,33,35-37H,14,17-22,24,26,28,30,32,34,38-39H2,1-13H3,(H,57,60). The average Bonchev–Trinajstić information content (AvgIpc) is 3.20. The molecule has 0 radical (unpaired) electrons. The summed E-state index contributed by atoms with van der Waals surface area (Å²) in [6.07, 6.45) is 29.5. The summed E-state index contributed by atoms with van der Waals surface area (Å²) in [7, 11) is 0. The molecule has 0 unspecified atom stereocenters. The molecule has 0 fully saturated rings. The van der Waals surface area contributed by atoms with Gasteiger partial charge in [-0.2, -0.15) is 0 Å². The summed E-state index contributed by atoms with van der Waals surface area (Å²) in [5.41, 5.74) is 10.7. The summed E-state index contributed by atoms with van der Waals surface area (Å²) in [6, 6.07) is 7.41.